The second-order valence-electron chi connectivity index (χ2n) is 4.31. The Labute approximate surface area is 100 Å². The highest BCUT2D eigenvalue weighted by Crippen LogP contribution is 2.34. The highest BCUT2D eigenvalue weighted by molar-refractivity contribution is 6.24. The molecule has 2 aliphatic rings. The summed E-state index contributed by atoms with van der Waals surface area (Å²) in [6.45, 7) is 1.69. The summed E-state index contributed by atoms with van der Waals surface area (Å²) in [6, 6.07) is 9.77. The zero-order valence-electron chi connectivity index (χ0n) is 9.52. The Morgan fingerprint density at radius 3 is 2.76 bits per heavy atom. The molecule has 88 valence electrons. The Hall–Kier alpha value is -1.45. The minimum Gasteiger partial charge on any atom is -0.375 e. The number of allylic oxidation sites excluding steroid dienone is 1. The van der Waals surface area contributed by atoms with Crippen LogP contribution in [-0.2, 0) is 14.3 Å². The maximum atomic E-state index is 12.1. The van der Waals surface area contributed by atoms with Crippen LogP contribution in [0.15, 0.2) is 35.9 Å². The van der Waals surface area contributed by atoms with Crippen molar-refractivity contribution in [3.63, 3.8) is 0 Å². The number of carbonyl (C=O) groups is 1. The lowest BCUT2D eigenvalue weighted by Gasteiger charge is -2.10. The number of fused-ring (bicyclic) bond motifs is 1. The molecule has 17 heavy (non-hydrogen) atoms. The zero-order chi connectivity index (χ0) is 11.7. The molecule has 1 aromatic rings. The normalized spacial score (nSPS) is 24.7. The number of benzene rings is 1. The van der Waals surface area contributed by atoms with Crippen LogP contribution >= 0.6 is 0 Å². The van der Waals surface area contributed by atoms with Crippen molar-refractivity contribution in [3.8, 4) is 0 Å². The van der Waals surface area contributed by atoms with Gasteiger partial charge in [-0.3, -0.25) is 4.79 Å². The Morgan fingerprint density at radius 1 is 1.12 bits per heavy atom. The monoisotopic (exact) mass is 230 g/mol. The van der Waals surface area contributed by atoms with E-state index < -0.39 is 0 Å². The molecule has 1 unspecified atom stereocenters. The van der Waals surface area contributed by atoms with Gasteiger partial charge in [0.25, 0.3) is 0 Å². The van der Waals surface area contributed by atoms with Crippen molar-refractivity contribution in [2.45, 2.75) is 12.5 Å². The topological polar surface area (TPSA) is 35.5 Å². The summed E-state index contributed by atoms with van der Waals surface area (Å²) in [6.07, 6.45) is 0.392. The van der Waals surface area contributed by atoms with Crippen molar-refractivity contribution in [2.24, 2.45) is 0 Å². The van der Waals surface area contributed by atoms with E-state index in [0.29, 0.717) is 26.2 Å². The SMILES string of the molecule is O=C1CC2OCCOCC2=C1c1ccccc1. The average molecular weight is 230 g/mol. The van der Waals surface area contributed by atoms with Gasteiger partial charge >= 0.3 is 0 Å². The van der Waals surface area contributed by atoms with Crippen molar-refractivity contribution in [1.82, 2.24) is 0 Å². The first-order valence-corrected chi connectivity index (χ1v) is 5.87. The van der Waals surface area contributed by atoms with Crippen LogP contribution < -0.4 is 0 Å². The minimum absolute atomic E-state index is 0.0693. The summed E-state index contributed by atoms with van der Waals surface area (Å²) < 4.78 is 11.1. The van der Waals surface area contributed by atoms with E-state index in [1.165, 1.54) is 0 Å². The average Bonchev–Trinajstić information content (AvgIpc) is 2.52. The Balaban J connectivity index is 2.05. The highest BCUT2D eigenvalue weighted by atomic mass is 16.5. The van der Waals surface area contributed by atoms with Gasteiger partial charge in [0.1, 0.15) is 0 Å². The third-order valence-electron chi connectivity index (χ3n) is 3.23. The smallest absolute Gasteiger partial charge is 0.166 e. The van der Waals surface area contributed by atoms with Gasteiger partial charge < -0.3 is 9.47 Å². The molecule has 0 amide bonds. The van der Waals surface area contributed by atoms with E-state index in [9.17, 15) is 4.79 Å². The molecule has 0 bridgehead atoms. The summed E-state index contributed by atoms with van der Waals surface area (Å²) in [5, 5.41) is 0. The van der Waals surface area contributed by atoms with E-state index in [0.717, 1.165) is 16.7 Å². The number of ketones is 1. The van der Waals surface area contributed by atoms with E-state index in [4.69, 9.17) is 9.47 Å². The van der Waals surface area contributed by atoms with E-state index in [-0.39, 0.29) is 11.9 Å². The summed E-state index contributed by atoms with van der Waals surface area (Å²) in [7, 11) is 0. The van der Waals surface area contributed by atoms with Crippen LogP contribution in [-0.4, -0.2) is 31.7 Å². The molecule has 3 nitrogen and oxygen atoms in total. The molecule has 0 saturated carbocycles. The first-order chi connectivity index (χ1) is 8.36. The van der Waals surface area contributed by atoms with Gasteiger partial charge in [0.05, 0.1) is 25.9 Å². The number of ether oxygens (including phenoxy) is 2. The van der Waals surface area contributed by atoms with Gasteiger partial charge in [-0.25, -0.2) is 0 Å². The van der Waals surface area contributed by atoms with Gasteiger partial charge in [-0.15, -0.1) is 0 Å². The second-order valence-corrected chi connectivity index (χ2v) is 4.31. The summed E-state index contributed by atoms with van der Waals surface area (Å²) in [5.41, 5.74) is 2.79. The van der Waals surface area contributed by atoms with Crippen molar-refractivity contribution in [3.05, 3.63) is 41.5 Å². The molecular weight excluding hydrogens is 216 g/mol. The Bertz CT molecular complexity index is 462. The Kier molecular flexibility index (Phi) is 2.79. The fourth-order valence-electron chi connectivity index (χ4n) is 2.44. The predicted molar refractivity (Wildman–Crippen MR) is 63.5 cm³/mol. The molecule has 3 heteroatoms. The fourth-order valence-corrected chi connectivity index (χ4v) is 2.44. The minimum atomic E-state index is -0.0693. The highest BCUT2D eigenvalue weighted by Gasteiger charge is 2.34. The van der Waals surface area contributed by atoms with Crippen molar-refractivity contribution >= 4 is 11.4 Å². The largest absolute Gasteiger partial charge is 0.375 e. The van der Waals surface area contributed by atoms with Gasteiger partial charge in [0, 0.05) is 12.0 Å². The van der Waals surface area contributed by atoms with Crippen LogP contribution in [0, 0.1) is 0 Å². The van der Waals surface area contributed by atoms with Gasteiger partial charge in [-0.05, 0) is 11.1 Å². The summed E-state index contributed by atoms with van der Waals surface area (Å²) >= 11 is 0. The molecule has 1 aliphatic heterocycles. The molecule has 1 heterocycles. The van der Waals surface area contributed by atoms with Crippen LogP contribution in [0.1, 0.15) is 12.0 Å². The third-order valence-corrected chi connectivity index (χ3v) is 3.23. The molecule has 1 atom stereocenters. The molecule has 1 aliphatic carbocycles. The summed E-state index contributed by atoms with van der Waals surface area (Å²) in [5.74, 6) is 0.168. The van der Waals surface area contributed by atoms with E-state index in [2.05, 4.69) is 0 Å². The lowest BCUT2D eigenvalue weighted by atomic mass is 10.0. The van der Waals surface area contributed by atoms with Gasteiger partial charge in [0.2, 0.25) is 0 Å². The quantitative estimate of drug-likeness (QED) is 0.738. The van der Waals surface area contributed by atoms with E-state index >= 15 is 0 Å². The lowest BCUT2D eigenvalue weighted by Crippen LogP contribution is -2.13. The van der Waals surface area contributed by atoms with Crippen LogP contribution in [0.4, 0.5) is 0 Å². The zero-order valence-corrected chi connectivity index (χ0v) is 9.52. The molecule has 3 rings (SSSR count). The molecule has 0 N–H and O–H groups in total. The standard InChI is InChI=1S/C14H14O3/c15-12-8-13-11(9-16-6-7-17-13)14(12)10-4-2-1-3-5-10/h1-5,13H,6-9H2. The predicted octanol–water partition coefficient (Wildman–Crippen LogP) is 1.83. The first kappa shape index (κ1) is 10.7. The maximum absolute atomic E-state index is 12.1. The van der Waals surface area contributed by atoms with Crippen LogP contribution in [0.25, 0.3) is 5.57 Å². The third kappa shape index (κ3) is 1.92. The molecular formula is C14H14O3. The molecule has 1 saturated heterocycles. The van der Waals surface area contributed by atoms with Crippen LogP contribution in [0.2, 0.25) is 0 Å². The molecule has 1 fully saturated rings. The van der Waals surface area contributed by atoms with Gasteiger partial charge in [-0.2, -0.15) is 0 Å². The van der Waals surface area contributed by atoms with Crippen LogP contribution in [0.3, 0.4) is 0 Å². The van der Waals surface area contributed by atoms with Crippen LogP contribution in [0.5, 0.6) is 0 Å². The lowest BCUT2D eigenvalue weighted by molar-refractivity contribution is -0.114. The second kappa shape index (κ2) is 4.43. The first-order valence-electron chi connectivity index (χ1n) is 5.87. The molecule has 0 radical (unpaired) electrons. The number of hydrogen-bond acceptors (Lipinski definition) is 3. The Morgan fingerprint density at radius 2 is 1.94 bits per heavy atom. The number of carbonyl (C=O) groups excluding carboxylic acids is 1. The van der Waals surface area contributed by atoms with Crippen molar-refractivity contribution in [2.75, 3.05) is 19.8 Å². The number of rotatable bonds is 1. The number of Topliss-reactive ketones (excluding diaryl/α,β-unsaturated/α-hetero) is 1. The number of hydrogen-bond donors (Lipinski definition) is 0. The van der Waals surface area contributed by atoms with Crippen molar-refractivity contribution < 1.29 is 14.3 Å². The molecule has 0 spiro atoms. The maximum Gasteiger partial charge on any atom is 0.166 e. The summed E-state index contributed by atoms with van der Waals surface area (Å²) in [4.78, 5) is 12.1. The van der Waals surface area contributed by atoms with Crippen molar-refractivity contribution in [1.29, 1.82) is 0 Å². The van der Waals surface area contributed by atoms with Gasteiger partial charge in [0.15, 0.2) is 5.78 Å². The molecule has 0 aromatic heterocycles. The van der Waals surface area contributed by atoms with E-state index in [1.807, 2.05) is 30.3 Å². The van der Waals surface area contributed by atoms with Gasteiger partial charge in [-0.1, -0.05) is 30.3 Å². The van der Waals surface area contributed by atoms with E-state index in [1.54, 1.807) is 0 Å². The fraction of sp³-hybridized carbons (Fsp3) is 0.357. The molecule has 1 aromatic carbocycles.